The molecule has 0 unspecified atom stereocenters. The predicted molar refractivity (Wildman–Crippen MR) is 74.9 cm³/mol. The standard InChI is InChI=1S/C16H15F2NO2/c1-11-4-2-3-5-15(11)21-10-16(20)19-9-12-6-7-13(17)14(18)8-12/h2-8H,9-10H2,1H3,(H,19,20). The molecule has 2 aromatic carbocycles. The van der Waals surface area contributed by atoms with Gasteiger partial charge in [0.15, 0.2) is 18.2 Å². The number of hydrogen-bond donors (Lipinski definition) is 1. The third kappa shape index (κ3) is 4.27. The van der Waals surface area contributed by atoms with Crippen LogP contribution in [0.4, 0.5) is 8.78 Å². The largest absolute Gasteiger partial charge is 0.484 e. The van der Waals surface area contributed by atoms with Gasteiger partial charge >= 0.3 is 0 Å². The van der Waals surface area contributed by atoms with E-state index in [0.717, 1.165) is 17.7 Å². The van der Waals surface area contributed by atoms with Crippen LogP contribution in [0.2, 0.25) is 0 Å². The van der Waals surface area contributed by atoms with Gasteiger partial charge in [-0.1, -0.05) is 24.3 Å². The first kappa shape index (κ1) is 15.0. The van der Waals surface area contributed by atoms with Crippen LogP contribution in [-0.4, -0.2) is 12.5 Å². The molecule has 0 atom stereocenters. The first-order valence-corrected chi connectivity index (χ1v) is 6.45. The molecule has 0 radical (unpaired) electrons. The zero-order valence-corrected chi connectivity index (χ0v) is 11.5. The van der Waals surface area contributed by atoms with Crippen LogP contribution in [0.5, 0.6) is 5.75 Å². The van der Waals surface area contributed by atoms with E-state index in [9.17, 15) is 13.6 Å². The summed E-state index contributed by atoms with van der Waals surface area (Å²) in [5.41, 5.74) is 1.42. The molecule has 0 bridgehead atoms. The van der Waals surface area contributed by atoms with Gasteiger partial charge in [0.05, 0.1) is 0 Å². The summed E-state index contributed by atoms with van der Waals surface area (Å²) in [6, 6.07) is 10.9. The minimum Gasteiger partial charge on any atom is -0.484 e. The summed E-state index contributed by atoms with van der Waals surface area (Å²) in [5.74, 6) is -1.53. The molecule has 0 aliphatic carbocycles. The molecule has 0 aliphatic heterocycles. The summed E-state index contributed by atoms with van der Waals surface area (Å²) in [4.78, 5) is 11.6. The van der Waals surface area contributed by atoms with Crippen LogP contribution in [0.15, 0.2) is 42.5 Å². The third-order valence-corrected chi connectivity index (χ3v) is 2.93. The number of nitrogens with one attached hydrogen (secondary N) is 1. The third-order valence-electron chi connectivity index (χ3n) is 2.93. The molecular formula is C16H15F2NO2. The maximum absolute atomic E-state index is 13.0. The van der Waals surface area contributed by atoms with Crippen molar-refractivity contribution in [3.8, 4) is 5.75 Å². The molecule has 21 heavy (non-hydrogen) atoms. The van der Waals surface area contributed by atoms with Gasteiger partial charge in [-0.15, -0.1) is 0 Å². The molecule has 0 heterocycles. The molecule has 0 saturated carbocycles. The number of hydrogen-bond acceptors (Lipinski definition) is 2. The molecule has 0 aromatic heterocycles. The van der Waals surface area contributed by atoms with Gasteiger partial charge in [-0.2, -0.15) is 0 Å². The lowest BCUT2D eigenvalue weighted by atomic mass is 10.2. The van der Waals surface area contributed by atoms with E-state index in [0.29, 0.717) is 11.3 Å². The van der Waals surface area contributed by atoms with Gasteiger partial charge in [0, 0.05) is 6.54 Å². The quantitative estimate of drug-likeness (QED) is 0.919. The maximum Gasteiger partial charge on any atom is 0.258 e. The zero-order chi connectivity index (χ0) is 15.2. The van der Waals surface area contributed by atoms with Crippen molar-refractivity contribution in [3.05, 3.63) is 65.2 Å². The van der Waals surface area contributed by atoms with Crippen LogP contribution in [0.3, 0.4) is 0 Å². The highest BCUT2D eigenvalue weighted by molar-refractivity contribution is 5.77. The second kappa shape index (κ2) is 6.83. The van der Waals surface area contributed by atoms with Crippen molar-refractivity contribution >= 4 is 5.91 Å². The number of carbonyl (C=O) groups excluding carboxylic acids is 1. The predicted octanol–water partition coefficient (Wildman–Crippen LogP) is 2.97. The Morgan fingerprint density at radius 2 is 1.90 bits per heavy atom. The van der Waals surface area contributed by atoms with Gasteiger partial charge < -0.3 is 10.1 Å². The Kier molecular flexibility index (Phi) is 4.87. The van der Waals surface area contributed by atoms with E-state index in [1.54, 1.807) is 6.07 Å². The van der Waals surface area contributed by atoms with E-state index in [1.807, 2.05) is 25.1 Å². The highest BCUT2D eigenvalue weighted by atomic mass is 19.2. The van der Waals surface area contributed by atoms with Crippen LogP contribution in [0.25, 0.3) is 0 Å². The Morgan fingerprint density at radius 1 is 1.14 bits per heavy atom. The summed E-state index contributed by atoms with van der Waals surface area (Å²) in [6.07, 6.45) is 0. The van der Waals surface area contributed by atoms with Crippen molar-refractivity contribution < 1.29 is 18.3 Å². The minimum absolute atomic E-state index is 0.118. The van der Waals surface area contributed by atoms with E-state index >= 15 is 0 Å². The van der Waals surface area contributed by atoms with Crippen molar-refractivity contribution in [3.63, 3.8) is 0 Å². The summed E-state index contributed by atoms with van der Waals surface area (Å²) in [7, 11) is 0. The highest BCUT2D eigenvalue weighted by Crippen LogP contribution is 2.15. The molecule has 3 nitrogen and oxygen atoms in total. The summed E-state index contributed by atoms with van der Waals surface area (Å²) in [5, 5.41) is 2.58. The molecule has 2 aromatic rings. The Balaban J connectivity index is 1.82. The fraction of sp³-hybridized carbons (Fsp3) is 0.188. The summed E-state index contributed by atoms with van der Waals surface area (Å²) < 4.78 is 31.2. The molecule has 5 heteroatoms. The number of aryl methyl sites for hydroxylation is 1. The molecule has 1 amide bonds. The number of carbonyl (C=O) groups is 1. The number of ether oxygens (including phenoxy) is 1. The van der Waals surface area contributed by atoms with Crippen molar-refractivity contribution in [2.24, 2.45) is 0 Å². The SMILES string of the molecule is Cc1ccccc1OCC(=O)NCc1ccc(F)c(F)c1. The Morgan fingerprint density at radius 3 is 2.62 bits per heavy atom. The van der Waals surface area contributed by atoms with Gasteiger partial charge in [0.25, 0.3) is 5.91 Å². The van der Waals surface area contributed by atoms with E-state index < -0.39 is 11.6 Å². The number of rotatable bonds is 5. The lowest BCUT2D eigenvalue weighted by Gasteiger charge is -2.09. The van der Waals surface area contributed by atoms with Crippen molar-refractivity contribution in [1.82, 2.24) is 5.32 Å². The second-order valence-corrected chi connectivity index (χ2v) is 4.58. The number of halogens is 2. The van der Waals surface area contributed by atoms with Crippen LogP contribution in [0, 0.1) is 18.6 Å². The molecule has 0 saturated heterocycles. The number of para-hydroxylation sites is 1. The average molecular weight is 291 g/mol. The smallest absolute Gasteiger partial charge is 0.258 e. The lowest BCUT2D eigenvalue weighted by molar-refractivity contribution is -0.123. The average Bonchev–Trinajstić information content (AvgIpc) is 2.47. The van der Waals surface area contributed by atoms with Gasteiger partial charge in [-0.3, -0.25) is 4.79 Å². The van der Waals surface area contributed by atoms with Crippen molar-refractivity contribution in [2.45, 2.75) is 13.5 Å². The molecule has 1 N–H and O–H groups in total. The van der Waals surface area contributed by atoms with Gasteiger partial charge in [-0.25, -0.2) is 8.78 Å². The van der Waals surface area contributed by atoms with E-state index in [4.69, 9.17) is 4.74 Å². The molecular weight excluding hydrogens is 276 g/mol. The first-order chi connectivity index (χ1) is 10.1. The molecule has 0 aliphatic rings. The fourth-order valence-electron chi connectivity index (χ4n) is 1.76. The minimum atomic E-state index is -0.932. The van der Waals surface area contributed by atoms with Gasteiger partial charge in [-0.05, 0) is 36.2 Å². The Hall–Kier alpha value is -2.43. The summed E-state index contributed by atoms with van der Waals surface area (Å²) in [6.45, 7) is 1.87. The van der Waals surface area contributed by atoms with E-state index in [-0.39, 0.29) is 19.1 Å². The monoisotopic (exact) mass is 291 g/mol. The van der Waals surface area contributed by atoms with Crippen LogP contribution in [-0.2, 0) is 11.3 Å². The van der Waals surface area contributed by atoms with E-state index in [2.05, 4.69) is 5.32 Å². The molecule has 0 fully saturated rings. The summed E-state index contributed by atoms with van der Waals surface area (Å²) >= 11 is 0. The fourth-order valence-corrected chi connectivity index (χ4v) is 1.76. The van der Waals surface area contributed by atoms with Crippen LogP contribution in [0.1, 0.15) is 11.1 Å². The Bertz CT molecular complexity index is 644. The maximum atomic E-state index is 13.0. The lowest BCUT2D eigenvalue weighted by Crippen LogP contribution is -2.28. The molecule has 0 spiro atoms. The van der Waals surface area contributed by atoms with Crippen LogP contribution >= 0.6 is 0 Å². The van der Waals surface area contributed by atoms with Gasteiger partial charge in [0.2, 0.25) is 0 Å². The number of amides is 1. The molecule has 110 valence electrons. The van der Waals surface area contributed by atoms with Gasteiger partial charge in [0.1, 0.15) is 5.75 Å². The van der Waals surface area contributed by atoms with Crippen LogP contribution < -0.4 is 10.1 Å². The number of benzene rings is 2. The second-order valence-electron chi connectivity index (χ2n) is 4.58. The highest BCUT2D eigenvalue weighted by Gasteiger charge is 2.06. The zero-order valence-electron chi connectivity index (χ0n) is 11.5. The Labute approximate surface area is 121 Å². The van der Waals surface area contributed by atoms with Crippen molar-refractivity contribution in [1.29, 1.82) is 0 Å². The molecule has 2 rings (SSSR count). The normalized spacial score (nSPS) is 10.2. The topological polar surface area (TPSA) is 38.3 Å². The van der Waals surface area contributed by atoms with Crippen molar-refractivity contribution in [2.75, 3.05) is 6.61 Å². The first-order valence-electron chi connectivity index (χ1n) is 6.45. The van der Waals surface area contributed by atoms with E-state index in [1.165, 1.54) is 6.07 Å².